The number of carbonyl (C=O) groups excluding carboxylic acids is 1. The molecule has 26 heavy (non-hydrogen) atoms. The molecular weight excluding hydrogens is 342 g/mol. The van der Waals surface area contributed by atoms with E-state index in [1.807, 2.05) is 0 Å². The fourth-order valence-corrected chi connectivity index (χ4v) is 2.38. The first-order valence-corrected chi connectivity index (χ1v) is 7.82. The van der Waals surface area contributed by atoms with Crippen molar-refractivity contribution in [2.24, 2.45) is 0 Å². The molecule has 5 nitrogen and oxygen atoms in total. The van der Waals surface area contributed by atoms with Crippen LogP contribution in [0.15, 0.2) is 46.9 Å². The van der Waals surface area contributed by atoms with E-state index < -0.39 is 17.5 Å². The molecular formula is C19H16F2N2O3. The molecule has 1 N–H and O–H groups in total. The van der Waals surface area contributed by atoms with Crippen LogP contribution in [0.1, 0.15) is 11.5 Å². The van der Waals surface area contributed by atoms with E-state index in [1.165, 1.54) is 6.07 Å². The number of halogens is 2. The van der Waals surface area contributed by atoms with Crippen LogP contribution in [0, 0.1) is 18.6 Å². The van der Waals surface area contributed by atoms with E-state index in [0.717, 1.165) is 17.7 Å². The lowest BCUT2D eigenvalue weighted by molar-refractivity contribution is -0.115. The Kier molecular flexibility index (Phi) is 4.97. The second-order valence-electron chi connectivity index (χ2n) is 5.60. The number of rotatable bonds is 5. The van der Waals surface area contributed by atoms with Gasteiger partial charge < -0.3 is 14.5 Å². The average molecular weight is 358 g/mol. The number of oxazole rings is 1. The Balaban J connectivity index is 1.72. The molecule has 0 atom stereocenters. The van der Waals surface area contributed by atoms with Crippen molar-refractivity contribution in [3.63, 3.8) is 0 Å². The molecule has 0 aliphatic heterocycles. The van der Waals surface area contributed by atoms with Crippen molar-refractivity contribution in [3.05, 3.63) is 65.6 Å². The summed E-state index contributed by atoms with van der Waals surface area (Å²) in [5.74, 6) is -0.796. The Morgan fingerprint density at radius 1 is 1.15 bits per heavy atom. The highest BCUT2D eigenvalue weighted by atomic mass is 19.2. The molecule has 1 amide bonds. The van der Waals surface area contributed by atoms with E-state index >= 15 is 0 Å². The van der Waals surface area contributed by atoms with E-state index in [2.05, 4.69) is 10.3 Å². The molecule has 0 fully saturated rings. The Hall–Kier alpha value is -3.22. The zero-order chi connectivity index (χ0) is 18.7. The summed E-state index contributed by atoms with van der Waals surface area (Å²) in [4.78, 5) is 16.5. The normalized spacial score (nSPS) is 10.6. The highest BCUT2D eigenvalue weighted by molar-refractivity contribution is 5.92. The van der Waals surface area contributed by atoms with Gasteiger partial charge in [-0.3, -0.25) is 4.79 Å². The fraction of sp³-hybridized carbons (Fsp3) is 0.158. The molecule has 0 spiro atoms. The zero-order valence-electron chi connectivity index (χ0n) is 14.2. The van der Waals surface area contributed by atoms with Crippen molar-refractivity contribution in [3.8, 4) is 17.2 Å². The van der Waals surface area contributed by atoms with Gasteiger partial charge in [-0.05, 0) is 43.3 Å². The minimum Gasteiger partial charge on any atom is -0.497 e. The van der Waals surface area contributed by atoms with E-state index in [1.54, 1.807) is 38.3 Å². The number of methoxy groups -OCH3 is 1. The van der Waals surface area contributed by atoms with Crippen LogP contribution in [-0.4, -0.2) is 18.0 Å². The predicted octanol–water partition coefficient (Wildman–Crippen LogP) is 4.12. The van der Waals surface area contributed by atoms with Gasteiger partial charge in [-0.2, -0.15) is 0 Å². The van der Waals surface area contributed by atoms with Crippen LogP contribution in [0.5, 0.6) is 5.75 Å². The third kappa shape index (κ3) is 3.88. The van der Waals surface area contributed by atoms with Crippen molar-refractivity contribution in [1.29, 1.82) is 0 Å². The molecule has 0 saturated carbocycles. The maximum atomic E-state index is 13.2. The third-order valence-corrected chi connectivity index (χ3v) is 3.76. The lowest BCUT2D eigenvalue weighted by Crippen LogP contribution is -2.15. The number of hydrogen-bond acceptors (Lipinski definition) is 4. The minimum absolute atomic E-state index is 0.0511. The second-order valence-corrected chi connectivity index (χ2v) is 5.60. The molecule has 0 bridgehead atoms. The molecule has 2 aromatic carbocycles. The summed E-state index contributed by atoms with van der Waals surface area (Å²) in [5, 5.41) is 2.51. The quantitative estimate of drug-likeness (QED) is 0.745. The van der Waals surface area contributed by atoms with E-state index in [9.17, 15) is 13.6 Å². The molecule has 7 heteroatoms. The highest BCUT2D eigenvalue weighted by Gasteiger charge is 2.15. The highest BCUT2D eigenvalue weighted by Crippen LogP contribution is 2.24. The molecule has 3 rings (SSSR count). The van der Waals surface area contributed by atoms with Crippen molar-refractivity contribution >= 4 is 11.6 Å². The topological polar surface area (TPSA) is 64.4 Å². The Bertz CT molecular complexity index is 936. The predicted molar refractivity (Wildman–Crippen MR) is 91.9 cm³/mol. The Labute approximate surface area is 148 Å². The van der Waals surface area contributed by atoms with Crippen LogP contribution in [0.25, 0.3) is 11.5 Å². The van der Waals surface area contributed by atoms with Crippen molar-refractivity contribution < 1.29 is 22.7 Å². The molecule has 0 aliphatic rings. The molecule has 134 valence electrons. The van der Waals surface area contributed by atoms with Gasteiger partial charge in [-0.1, -0.05) is 0 Å². The second kappa shape index (κ2) is 7.35. The molecule has 0 aliphatic carbocycles. The molecule has 3 aromatic rings. The van der Waals surface area contributed by atoms with E-state index in [0.29, 0.717) is 23.1 Å². The summed E-state index contributed by atoms with van der Waals surface area (Å²) in [6, 6.07) is 10.3. The number of nitrogens with one attached hydrogen (secondary N) is 1. The third-order valence-electron chi connectivity index (χ3n) is 3.76. The van der Waals surface area contributed by atoms with Crippen molar-refractivity contribution in [2.75, 3.05) is 12.4 Å². The van der Waals surface area contributed by atoms with Gasteiger partial charge in [0.15, 0.2) is 11.6 Å². The Morgan fingerprint density at radius 2 is 1.88 bits per heavy atom. The summed E-state index contributed by atoms with van der Waals surface area (Å²) in [6.07, 6.45) is -0.0511. The van der Waals surface area contributed by atoms with Gasteiger partial charge in [-0.25, -0.2) is 13.8 Å². The molecule has 0 saturated heterocycles. The summed E-state index contributed by atoms with van der Waals surface area (Å²) in [5.41, 5.74) is 1.39. The molecule has 1 aromatic heterocycles. The number of amides is 1. The number of hydrogen-bond donors (Lipinski definition) is 1. The van der Waals surface area contributed by atoms with Crippen molar-refractivity contribution in [2.45, 2.75) is 13.3 Å². The van der Waals surface area contributed by atoms with Gasteiger partial charge in [-0.15, -0.1) is 0 Å². The van der Waals surface area contributed by atoms with Gasteiger partial charge in [0.25, 0.3) is 0 Å². The van der Waals surface area contributed by atoms with Gasteiger partial charge in [0.2, 0.25) is 11.8 Å². The van der Waals surface area contributed by atoms with E-state index in [4.69, 9.17) is 9.15 Å². The number of carbonyl (C=O) groups is 1. The fourth-order valence-electron chi connectivity index (χ4n) is 2.38. The number of aromatic nitrogens is 1. The zero-order valence-corrected chi connectivity index (χ0v) is 14.2. The first-order chi connectivity index (χ1) is 12.5. The SMILES string of the molecule is COc1ccc(-c2nc(CC(=O)Nc3ccc(F)c(F)c3)c(C)o2)cc1. The van der Waals surface area contributed by atoms with Gasteiger partial charge in [0.1, 0.15) is 11.5 Å². The van der Waals surface area contributed by atoms with Crippen LogP contribution in [0.2, 0.25) is 0 Å². The molecule has 0 radical (unpaired) electrons. The van der Waals surface area contributed by atoms with Crippen LogP contribution >= 0.6 is 0 Å². The van der Waals surface area contributed by atoms with Gasteiger partial charge in [0, 0.05) is 17.3 Å². The summed E-state index contributed by atoms with van der Waals surface area (Å²) in [7, 11) is 1.58. The van der Waals surface area contributed by atoms with Crippen LogP contribution < -0.4 is 10.1 Å². The standard InChI is InChI=1S/C19H16F2N2O3/c1-11-17(10-18(24)22-13-5-8-15(20)16(21)9-13)23-19(26-11)12-3-6-14(25-2)7-4-12/h3-9H,10H2,1-2H3,(H,22,24). The number of aryl methyl sites for hydroxylation is 1. The summed E-state index contributed by atoms with van der Waals surface area (Å²) in [6.45, 7) is 1.71. The van der Waals surface area contributed by atoms with Crippen molar-refractivity contribution in [1.82, 2.24) is 4.98 Å². The summed E-state index contributed by atoms with van der Waals surface area (Å²) < 4.78 is 36.9. The lowest BCUT2D eigenvalue weighted by atomic mass is 10.2. The number of benzene rings is 2. The van der Waals surface area contributed by atoms with Crippen LogP contribution in [0.4, 0.5) is 14.5 Å². The smallest absolute Gasteiger partial charge is 0.230 e. The number of anilines is 1. The monoisotopic (exact) mass is 358 g/mol. The number of ether oxygens (including phenoxy) is 1. The average Bonchev–Trinajstić information content (AvgIpc) is 2.99. The Morgan fingerprint density at radius 3 is 2.54 bits per heavy atom. The summed E-state index contributed by atoms with van der Waals surface area (Å²) >= 11 is 0. The first-order valence-electron chi connectivity index (χ1n) is 7.82. The van der Waals surface area contributed by atoms with Gasteiger partial charge >= 0.3 is 0 Å². The van der Waals surface area contributed by atoms with E-state index in [-0.39, 0.29) is 12.1 Å². The molecule has 1 heterocycles. The molecule has 0 unspecified atom stereocenters. The largest absolute Gasteiger partial charge is 0.497 e. The van der Waals surface area contributed by atoms with Crippen LogP contribution in [-0.2, 0) is 11.2 Å². The first kappa shape index (κ1) is 17.6. The minimum atomic E-state index is -1.03. The maximum absolute atomic E-state index is 13.2. The van der Waals surface area contributed by atoms with Gasteiger partial charge in [0.05, 0.1) is 19.2 Å². The maximum Gasteiger partial charge on any atom is 0.230 e. The number of nitrogens with zero attached hydrogens (tertiary/aromatic N) is 1. The lowest BCUT2D eigenvalue weighted by Gasteiger charge is -2.04. The van der Waals surface area contributed by atoms with Crippen LogP contribution in [0.3, 0.4) is 0 Å².